The van der Waals surface area contributed by atoms with Crippen molar-refractivity contribution in [2.45, 2.75) is 0 Å². The van der Waals surface area contributed by atoms with Crippen molar-refractivity contribution < 1.29 is 18.1 Å². The number of nitro groups is 1. The topological polar surface area (TPSA) is 96.2 Å². The second-order valence-corrected chi connectivity index (χ2v) is 8.13. The van der Waals surface area contributed by atoms with Crippen LogP contribution in [0.4, 0.5) is 11.4 Å². The van der Waals surface area contributed by atoms with E-state index in [-0.39, 0.29) is 5.69 Å². The highest BCUT2D eigenvalue weighted by molar-refractivity contribution is 7.86. The molecular formula is C14H19ClN4O5S. The largest absolute Gasteiger partial charge is 0.379 e. The van der Waals surface area contributed by atoms with Crippen molar-refractivity contribution >= 4 is 33.2 Å². The monoisotopic (exact) mass is 390 g/mol. The van der Waals surface area contributed by atoms with Crippen molar-refractivity contribution in [1.29, 1.82) is 0 Å². The lowest BCUT2D eigenvalue weighted by molar-refractivity contribution is -0.384. The van der Waals surface area contributed by atoms with Gasteiger partial charge in [0.1, 0.15) is 0 Å². The van der Waals surface area contributed by atoms with Crippen molar-refractivity contribution in [3.05, 3.63) is 33.3 Å². The lowest BCUT2D eigenvalue weighted by atomic mass is 10.2. The van der Waals surface area contributed by atoms with Gasteiger partial charge >= 0.3 is 0 Å². The Labute approximate surface area is 151 Å². The van der Waals surface area contributed by atoms with Crippen LogP contribution in [0.5, 0.6) is 0 Å². The molecule has 0 bridgehead atoms. The summed E-state index contributed by atoms with van der Waals surface area (Å²) in [4.78, 5) is 12.2. The van der Waals surface area contributed by atoms with Gasteiger partial charge in [-0.05, 0) is 6.07 Å². The number of hydrogen-bond donors (Lipinski definition) is 0. The van der Waals surface area contributed by atoms with Gasteiger partial charge < -0.3 is 9.64 Å². The highest BCUT2D eigenvalue weighted by atomic mass is 35.5. The summed E-state index contributed by atoms with van der Waals surface area (Å²) in [7, 11) is -3.48. The average Bonchev–Trinajstić information content (AvgIpc) is 2.62. The highest BCUT2D eigenvalue weighted by Crippen LogP contribution is 2.30. The normalized spacial score (nSPS) is 20.6. The van der Waals surface area contributed by atoms with Crippen LogP contribution in [0.1, 0.15) is 0 Å². The summed E-state index contributed by atoms with van der Waals surface area (Å²) in [6, 6.07) is 4.32. The molecule has 0 aromatic heterocycles. The van der Waals surface area contributed by atoms with Gasteiger partial charge in [-0.25, -0.2) is 0 Å². The molecule has 0 atom stereocenters. The molecule has 2 aliphatic rings. The van der Waals surface area contributed by atoms with E-state index in [2.05, 4.69) is 0 Å². The standard InChI is InChI=1S/C14H19ClN4O5S/c15-13-11-12(19(20)21)1-2-14(13)16-3-5-17(6-4-16)25(22,23)18-7-9-24-10-8-18/h1-2,11H,3-10H2. The van der Waals surface area contributed by atoms with Crippen molar-refractivity contribution in [3.8, 4) is 0 Å². The van der Waals surface area contributed by atoms with Gasteiger partial charge in [-0.3, -0.25) is 10.1 Å². The number of morpholine rings is 1. The summed E-state index contributed by atoms with van der Waals surface area (Å²) in [5.41, 5.74) is 0.609. The molecule has 0 unspecified atom stereocenters. The molecule has 2 aliphatic heterocycles. The molecule has 9 nitrogen and oxygen atoms in total. The number of piperazine rings is 1. The zero-order chi connectivity index (χ0) is 18.0. The lowest BCUT2D eigenvalue weighted by Gasteiger charge is -2.38. The molecule has 1 aromatic carbocycles. The van der Waals surface area contributed by atoms with Gasteiger partial charge in [-0.15, -0.1) is 0 Å². The summed E-state index contributed by atoms with van der Waals surface area (Å²) < 4.78 is 33.4. The molecule has 11 heteroatoms. The molecule has 0 spiro atoms. The first-order valence-electron chi connectivity index (χ1n) is 7.91. The first-order chi connectivity index (χ1) is 11.9. The Morgan fingerprint density at radius 1 is 1.04 bits per heavy atom. The second kappa shape index (κ2) is 7.42. The highest BCUT2D eigenvalue weighted by Gasteiger charge is 2.33. The van der Waals surface area contributed by atoms with Crippen LogP contribution >= 0.6 is 11.6 Å². The minimum absolute atomic E-state index is 0.0673. The molecule has 3 rings (SSSR count). The van der Waals surface area contributed by atoms with Gasteiger partial charge in [0.25, 0.3) is 15.9 Å². The van der Waals surface area contributed by atoms with Crippen LogP contribution < -0.4 is 4.90 Å². The van der Waals surface area contributed by atoms with E-state index in [0.29, 0.717) is 63.2 Å². The van der Waals surface area contributed by atoms with Gasteiger partial charge in [0.15, 0.2) is 0 Å². The first kappa shape index (κ1) is 18.3. The maximum absolute atomic E-state index is 12.6. The molecule has 25 heavy (non-hydrogen) atoms. The SMILES string of the molecule is O=[N+]([O-])c1ccc(N2CCN(S(=O)(=O)N3CCOCC3)CC2)c(Cl)c1. The first-order valence-corrected chi connectivity index (χ1v) is 9.69. The molecule has 2 saturated heterocycles. The molecule has 2 heterocycles. The van der Waals surface area contributed by atoms with Crippen LogP contribution in [0.15, 0.2) is 18.2 Å². The summed E-state index contributed by atoms with van der Waals surface area (Å²) in [6.45, 7) is 3.20. The van der Waals surface area contributed by atoms with Crippen LogP contribution in [0, 0.1) is 10.1 Å². The fraction of sp³-hybridized carbons (Fsp3) is 0.571. The Bertz CT molecular complexity index is 746. The fourth-order valence-corrected chi connectivity index (χ4v) is 4.82. The molecule has 1 aromatic rings. The number of halogens is 1. The number of rotatable bonds is 4. The van der Waals surface area contributed by atoms with E-state index in [1.165, 1.54) is 20.7 Å². The van der Waals surface area contributed by atoms with Crippen molar-refractivity contribution in [2.24, 2.45) is 0 Å². The predicted molar refractivity (Wildman–Crippen MR) is 93.2 cm³/mol. The summed E-state index contributed by atoms with van der Waals surface area (Å²) in [5.74, 6) is 0. The number of non-ortho nitro benzene ring substituents is 1. The Hall–Kier alpha value is -1.46. The zero-order valence-electron chi connectivity index (χ0n) is 13.5. The van der Waals surface area contributed by atoms with E-state index < -0.39 is 15.1 Å². The summed E-state index contributed by atoms with van der Waals surface area (Å²) in [6.07, 6.45) is 0. The van der Waals surface area contributed by atoms with Crippen LogP contribution in [-0.2, 0) is 14.9 Å². The molecule has 0 saturated carbocycles. The maximum Gasteiger partial charge on any atom is 0.282 e. The number of hydrogen-bond acceptors (Lipinski definition) is 6. The van der Waals surface area contributed by atoms with Crippen LogP contribution in [0.3, 0.4) is 0 Å². The molecule has 0 amide bonds. The Balaban J connectivity index is 1.66. The third kappa shape index (κ3) is 3.87. The fourth-order valence-electron chi connectivity index (χ4n) is 2.97. The van der Waals surface area contributed by atoms with Crippen LogP contribution in [-0.4, -0.2) is 74.4 Å². The van der Waals surface area contributed by atoms with Crippen molar-refractivity contribution in [2.75, 3.05) is 57.4 Å². The smallest absolute Gasteiger partial charge is 0.282 e. The third-order valence-corrected chi connectivity index (χ3v) is 6.68. The molecule has 138 valence electrons. The molecular weight excluding hydrogens is 372 g/mol. The Kier molecular flexibility index (Phi) is 5.44. The van der Waals surface area contributed by atoms with Crippen molar-refractivity contribution in [3.63, 3.8) is 0 Å². The van der Waals surface area contributed by atoms with Crippen molar-refractivity contribution in [1.82, 2.24) is 8.61 Å². The minimum atomic E-state index is -3.48. The number of anilines is 1. The van der Waals surface area contributed by atoms with Crippen LogP contribution in [0.2, 0.25) is 5.02 Å². The number of nitrogens with zero attached hydrogens (tertiary/aromatic N) is 4. The molecule has 0 aliphatic carbocycles. The van der Waals surface area contributed by atoms with E-state index in [1.807, 2.05) is 4.90 Å². The quantitative estimate of drug-likeness (QED) is 0.561. The van der Waals surface area contributed by atoms with Gasteiger partial charge in [0, 0.05) is 51.4 Å². The van der Waals surface area contributed by atoms with Gasteiger partial charge in [0.05, 0.1) is 28.8 Å². The number of benzene rings is 1. The second-order valence-electron chi connectivity index (χ2n) is 5.80. The summed E-state index contributed by atoms with van der Waals surface area (Å²) >= 11 is 6.15. The van der Waals surface area contributed by atoms with E-state index in [4.69, 9.17) is 16.3 Å². The molecule has 2 fully saturated rings. The lowest BCUT2D eigenvalue weighted by Crippen LogP contribution is -2.55. The van der Waals surface area contributed by atoms with E-state index in [9.17, 15) is 18.5 Å². The maximum atomic E-state index is 12.6. The van der Waals surface area contributed by atoms with Gasteiger partial charge in [-0.1, -0.05) is 11.6 Å². The zero-order valence-corrected chi connectivity index (χ0v) is 15.1. The third-order valence-electron chi connectivity index (χ3n) is 4.34. The molecule has 0 N–H and O–H groups in total. The predicted octanol–water partition coefficient (Wildman–Crippen LogP) is 0.947. The van der Waals surface area contributed by atoms with Gasteiger partial charge in [0.2, 0.25) is 0 Å². The average molecular weight is 391 g/mol. The van der Waals surface area contributed by atoms with E-state index >= 15 is 0 Å². The van der Waals surface area contributed by atoms with E-state index in [0.717, 1.165) is 0 Å². The van der Waals surface area contributed by atoms with Crippen LogP contribution in [0.25, 0.3) is 0 Å². The Morgan fingerprint density at radius 3 is 2.20 bits per heavy atom. The number of nitro benzene ring substituents is 1. The summed E-state index contributed by atoms with van der Waals surface area (Å²) in [5, 5.41) is 11.1. The minimum Gasteiger partial charge on any atom is -0.379 e. The van der Waals surface area contributed by atoms with Gasteiger partial charge in [-0.2, -0.15) is 17.0 Å². The number of ether oxygens (including phenoxy) is 1. The van der Waals surface area contributed by atoms with E-state index in [1.54, 1.807) is 6.07 Å². The Morgan fingerprint density at radius 2 is 1.64 bits per heavy atom. The molecule has 0 radical (unpaired) electrons.